The van der Waals surface area contributed by atoms with E-state index >= 15 is 0 Å². The van der Waals surface area contributed by atoms with Gasteiger partial charge in [0.2, 0.25) is 0 Å². The van der Waals surface area contributed by atoms with Crippen molar-refractivity contribution in [2.45, 2.75) is 25.1 Å². The summed E-state index contributed by atoms with van der Waals surface area (Å²) >= 11 is 0. The van der Waals surface area contributed by atoms with Crippen molar-refractivity contribution in [2.24, 2.45) is 0 Å². The Kier molecular flexibility index (Phi) is 3.89. The van der Waals surface area contributed by atoms with Gasteiger partial charge >= 0.3 is 6.18 Å². The monoisotopic (exact) mass is 322 g/mol. The third-order valence-electron chi connectivity index (χ3n) is 3.27. The molecule has 0 atom stereocenters. The van der Waals surface area contributed by atoms with E-state index < -0.39 is 11.7 Å². The van der Waals surface area contributed by atoms with Gasteiger partial charge in [0.15, 0.2) is 0 Å². The number of halogens is 3. The predicted octanol–water partition coefficient (Wildman–Crippen LogP) is 3.13. The molecule has 120 valence electrons. The summed E-state index contributed by atoms with van der Waals surface area (Å²) in [6.45, 7) is 0. The number of hydrogen-bond acceptors (Lipinski definition) is 4. The van der Waals surface area contributed by atoms with E-state index in [9.17, 15) is 18.0 Å². The van der Waals surface area contributed by atoms with Crippen molar-refractivity contribution in [3.8, 4) is 0 Å². The fourth-order valence-electron chi connectivity index (χ4n) is 1.96. The van der Waals surface area contributed by atoms with E-state index in [1.165, 1.54) is 24.5 Å². The van der Waals surface area contributed by atoms with Gasteiger partial charge in [0, 0.05) is 17.8 Å². The van der Waals surface area contributed by atoms with Crippen LogP contribution in [0.1, 0.15) is 28.9 Å². The van der Waals surface area contributed by atoms with E-state index in [0.29, 0.717) is 0 Å². The zero-order chi connectivity index (χ0) is 16.4. The highest BCUT2D eigenvalue weighted by atomic mass is 19.4. The van der Waals surface area contributed by atoms with Crippen molar-refractivity contribution < 1.29 is 18.0 Å². The van der Waals surface area contributed by atoms with Crippen molar-refractivity contribution in [1.29, 1.82) is 0 Å². The van der Waals surface area contributed by atoms with Gasteiger partial charge in [0.05, 0.1) is 5.56 Å². The molecule has 8 heteroatoms. The number of nitrogens with zero attached hydrogens (tertiary/aromatic N) is 2. The Hall–Kier alpha value is -2.64. The van der Waals surface area contributed by atoms with Gasteiger partial charge in [-0.15, -0.1) is 0 Å². The molecule has 1 fully saturated rings. The van der Waals surface area contributed by atoms with Gasteiger partial charge in [0.25, 0.3) is 5.91 Å². The average Bonchev–Trinajstić information content (AvgIpc) is 3.31. The highest BCUT2D eigenvalue weighted by molar-refractivity contribution is 5.93. The molecule has 0 aliphatic heterocycles. The molecule has 2 aromatic rings. The second-order valence-electron chi connectivity index (χ2n) is 5.24. The smallest absolute Gasteiger partial charge is 0.348 e. The molecule has 1 aromatic heterocycles. The van der Waals surface area contributed by atoms with Crippen molar-refractivity contribution in [1.82, 2.24) is 15.3 Å². The van der Waals surface area contributed by atoms with E-state index in [1.807, 2.05) is 0 Å². The Morgan fingerprint density at radius 2 is 1.96 bits per heavy atom. The molecule has 2 N–H and O–H groups in total. The number of alkyl halides is 3. The number of amides is 1. The lowest BCUT2D eigenvalue weighted by Gasteiger charge is -2.10. The molecule has 3 rings (SSSR count). The highest BCUT2D eigenvalue weighted by Gasteiger charge is 2.30. The first kappa shape index (κ1) is 15.3. The molecule has 0 radical (unpaired) electrons. The molecule has 0 bridgehead atoms. The maximum atomic E-state index is 12.7. The molecule has 23 heavy (non-hydrogen) atoms. The lowest BCUT2D eigenvalue weighted by molar-refractivity contribution is -0.137. The highest BCUT2D eigenvalue weighted by Crippen LogP contribution is 2.31. The van der Waals surface area contributed by atoms with Gasteiger partial charge in [-0.2, -0.15) is 13.2 Å². The molecular formula is C15H13F3N4O. The number of nitrogens with one attached hydrogen (secondary N) is 2. The minimum Gasteiger partial charge on any atom is -0.348 e. The van der Waals surface area contributed by atoms with Crippen LogP contribution in [0.25, 0.3) is 0 Å². The van der Waals surface area contributed by atoms with Crippen LogP contribution in [0.15, 0.2) is 36.7 Å². The zero-order valence-electron chi connectivity index (χ0n) is 11.9. The van der Waals surface area contributed by atoms with Crippen LogP contribution in [-0.4, -0.2) is 21.9 Å². The normalized spacial score (nSPS) is 14.4. The standard InChI is InChI=1S/C15H13F3N4O/c16-15(17,18)9-2-1-3-11(6-9)21-13-7-12(19-8-20-13)14(23)22-10-4-5-10/h1-3,6-8,10H,4-5H2,(H,22,23)(H,19,20,21). The van der Waals surface area contributed by atoms with Gasteiger partial charge in [-0.25, -0.2) is 9.97 Å². The number of benzene rings is 1. The van der Waals surface area contributed by atoms with E-state index in [-0.39, 0.29) is 29.1 Å². The van der Waals surface area contributed by atoms with Gasteiger partial charge < -0.3 is 10.6 Å². The molecule has 1 amide bonds. The molecule has 0 saturated heterocycles. The Morgan fingerprint density at radius 1 is 1.17 bits per heavy atom. The van der Waals surface area contributed by atoms with Gasteiger partial charge in [0.1, 0.15) is 17.8 Å². The molecule has 1 aromatic carbocycles. The molecule has 1 saturated carbocycles. The first-order chi connectivity index (χ1) is 10.9. The Labute approximate surface area is 130 Å². The largest absolute Gasteiger partial charge is 0.416 e. The molecule has 0 spiro atoms. The lowest BCUT2D eigenvalue weighted by Crippen LogP contribution is -2.26. The molecular weight excluding hydrogens is 309 g/mol. The maximum Gasteiger partial charge on any atom is 0.416 e. The molecule has 0 unspecified atom stereocenters. The summed E-state index contributed by atoms with van der Waals surface area (Å²) in [6, 6.07) is 6.34. The summed E-state index contributed by atoms with van der Waals surface area (Å²) in [4.78, 5) is 19.7. The van der Waals surface area contributed by atoms with Crippen LogP contribution < -0.4 is 10.6 Å². The number of rotatable bonds is 4. The van der Waals surface area contributed by atoms with Gasteiger partial charge in [-0.1, -0.05) is 6.07 Å². The zero-order valence-corrected chi connectivity index (χ0v) is 11.9. The fourth-order valence-corrected chi connectivity index (χ4v) is 1.96. The van der Waals surface area contributed by atoms with Crippen LogP contribution in [0.5, 0.6) is 0 Å². The number of carbonyl (C=O) groups is 1. The van der Waals surface area contributed by atoms with Crippen molar-refractivity contribution in [3.05, 3.63) is 47.9 Å². The number of hydrogen-bond donors (Lipinski definition) is 2. The van der Waals surface area contributed by atoms with Crippen molar-refractivity contribution in [2.75, 3.05) is 5.32 Å². The summed E-state index contributed by atoms with van der Waals surface area (Å²) in [5.74, 6) is -0.0673. The van der Waals surface area contributed by atoms with Crippen LogP contribution >= 0.6 is 0 Å². The van der Waals surface area contributed by atoms with E-state index in [0.717, 1.165) is 25.0 Å². The Balaban J connectivity index is 1.76. The van der Waals surface area contributed by atoms with E-state index in [2.05, 4.69) is 20.6 Å². The minimum atomic E-state index is -4.42. The van der Waals surface area contributed by atoms with Crippen molar-refractivity contribution >= 4 is 17.4 Å². The fraction of sp³-hybridized carbons (Fsp3) is 0.267. The summed E-state index contributed by atoms with van der Waals surface area (Å²) in [5.41, 5.74) is -0.364. The topological polar surface area (TPSA) is 66.9 Å². The number of aromatic nitrogens is 2. The maximum absolute atomic E-state index is 12.7. The quantitative estimate of drug-likeness (QED) is 0.907. The first-order valence-corrected chi connectivity index (χ1v) is 6.99. The second kappa shape index (κ2) is 5.86. The van der Waals surface area contributed by atoms with Crippen LogP contribution in [0.4, 0.5) is 24.7 Å². The third-order valence-corrected chi connectivity index (χ3v) is 3.27. The summed E-state index contributed by atoms with van der Waals surface area (Å²) in [6.07, 6.45) is -1.32. The summed E-state index contributed by atoms with van der Waals surface area (Å²) in [7, 11) is 0. The SMILES string of the molecule is O=C(NC1CC1)c1cc(Nc2cccc(C(F)(F)F)c2)ncn1. The summed E-state index contributed by atoms with van der Waals surface area (Å²) < 4.78 is 38.1. The second-order valence-corrected chi connectivity index (χ2v) is 5.24. The van der Waals surface area contributed by atoms with Crippen LogP contribution in [-0.2, 0) is 6.18 Å². The van der Waals surface area contributed by atoms with Crippen LogP contribution in [0.2, 0.25) is 0 Å². The third kappa shape index (κ3) is 3.97. The molecule has 1 heterocycles. The molecule has 1 aliphatic carbocycles. The van der Waals surface area contributed by atoms with E-state index in [1.54, 1.807) is 0 Å². The average molecular weight is 322 g/mol. The Bertz CT molecular complexity index is 729. The molecule has 5 nitrogen and oxygen atoms in total. The van der Waals surface area contributed by atoms with Gasteiger partial charge in [-0.05, 0) is 31.0 Å². The molecule has 1 aliphatic rings. The Morgan fingerprint density at radius 3 is 2.65 bits per heavy atom. The number of carbonyl (C=O) groups excluding carboxylic acids is 1. The first-order valence-electron chi connectivity index (χ1n) is 6.99. The van der Waals surface area contributed by atoms with E-state index in [4.69, 9.17) is 0 Å². The minimum absolute atomic E-state index is 0.168. The van der Waals surface area contributed by atoms with Crippen LogP contribution in [0.3, 0.4) is 0 Å². The number of anilines is 2. The van der Waals surface area contributed by atoms with Crippen molar-refractivity contribution in [3.63, 3.8) is 0 Å². The lowest BCUT2D eigenvalue weighted by atomic mass is 10.2. The summed E-state index contributed by atoms with van der Waals surface area (Å²) in [5, 5.41) is 5.53. The van der Waals surface area contributed by atoms with Gasteiger partial charge in [-0.3, -0.25) is 4.79 Å². The van der Waals surface area contributed by atoms with Crippen LogP contribution in [0, 0.1) is 0 Å². The predicted molar refractivity (Wildman–Crippen MR) is 77.2 cm³/mol.